The summed E-state index contributed by atoms with van der Waals surface area (Å²) in [5, 5.41) is 12.4. The number of halogens is 2. The second-order valence-corrected chi connectivity index (χ2v) is 4.82. The van der Waals surface area contributed by atoms with Crippen molar-refractivity contribution in [3.63, 3.8) is 0 Å². The average Bonchev–Trinajstić information content (AvgIpc) is 2.41. The van der Waals surface area contributed by atoms with Gasteiger partial charge in [-0.2, -0.15) is 0 Å². The highest BCUT2D eigenvalue weighted by atomic mass is 35.5. The van der Waals surface area contributed by atoms with Crippen LogP contribution >= 0.6 is 11.6 Å². The second-order valence-electron chi connectivity index (χ2n) is 4.42. The summed E-state index contributed by atoms with van der Waals surface area (Å²) in [4.78, 5) is 10.8. The largest absolute Gasteiger partial charge is 0.478 e. The van der Waals surface area contributed by atoms with Crippen LogP contribution in [0.5, 0.6) is 0 Å². The molecule has 0 heterocycles. The van der Waals surface area contributed by atoms with Gasteiger partial charge in [-0.15, -0.1) is 0 Å². The number of carboxylic acids is 1. The van der Waals surface area contributed by atoms with Crippen molar-refractivity contribution in [2.24, 2.45) is 0 Å². The Labute approximate surface area is 121 Å². The van der Waals surface area contributed by atoms with Crippen LogP contribution in [-0.2, 0) is 0 Å². The van der Waals surface area contributed by atoms with E-state index >= 15 is 0 Å². The van der Waals surface area contributed by atoms with Gasteiger partial charge in [0.05, 0.1) is 16.3 Å². The lowest BCUT2D eigenvalue weighted by molar-refractivity contribution is 0.0697. The molecule has 104 valence electrons. The van der Waals surface area contributed by atoms with Gasteiger partial charge in [-0.25, -0.2) is 9.18 Å². The molecule has 3 nitrogen and oxygen atoms in total. The lowest BCUT2D eigenvalue weighted by Gasteiger charge is -2.17. The number of carbonyl (C=O) groups is 1. The zero-order valence-corrected chi connectivity index (χ0v) is 11.5. The second kappa shape index (κ2) is 5.92. The molecule has 1 unspecified atom stereocenters. The maximum absolute atomic E-state index is 12.9. The lowest BCUT2D eigenvalue weighted by atomic mass is 10.1. The quantitative estimate of drug-likeness (QED) is 0.881. The number of carboxylic acid groups (broad SMARTS) is 1. The monoisotopic (exact) mass is 293 g/mol. The topological polar surface area (TPSA) is 49.3 Å². The number of rotatable bonds is 4. The van der Waals surface area contributed by atoms with E-state index in [1.807, 2.05) is 6.92 Å². The van der Waals surface area contributed by atoms with Gasteiger partial charge < -0.3 is 10.4 Å². The summed E-state index contributed by atoms with van der Waals surface area (Å²) in [5.74, 6) is -1.31. The van der Waals surface area contributed by atoms with E-state index in [0.717, 1.165) is 5.56 Å². The zero-order chi connectivity index (χ0) is 14.7. The van der Waals surface area contributed by atoms with Crippen LogP contribution in [0.1, 0.15) is 28.9 Å². The SMILES string of the molecule is CC(Nc1ccc(C(=O)O)cc1Cl)c1ccc(F)cc1. The van der Waals surface area contributed by atoms with E-state index in [1.54, 1.807) is 18.2 Å². The Morgan fingerprint density at radius 3 is 2.45 bits per heavy atom. The molecule has 0 saturated carbocycles. The Balaban J connectivity index is 2.17. The van der Waals surface area contributed by atoms with Gasteiger partial charge in [-0.3, -0.25) is 0 Å². The fourth-order valence-corrected chi connectivity index (χ4v) is 2.07. The van der Waals surface area contributed by atoms with E-state index in [0.29, 0.717) is 10.7 Å². The van der Waals surface area contributed by atoms with Crippen LogP contribution < -0.4 is 5.32 Å². The number of hydrogen-bond acceptors (Lipinski definition) is 2. The van der Waals surface area contributed by atoms with Crippen molar-refractivity contribution in [3.8, 4) is 0 Å². The van der Waals surface area contributed by atoms with Crippen molar-refractivity contribution >= 4 is 23.3 Å². The number of hydrogen-bond donors (Lipinski definition) is 2. The molecular weight excluding hydrogens is 281 g/mol. The molecule has 20 heavy (non-hydrogen) atoms. The predicted molar refractivity (Wildman–Crippen MR) is 76.8 cm³/mol. The molecule has 0 radical (unpaired) electrons. The van der Waals surface area contributed by atoms with Crippen LogP contribution in [-0.4, -0.2) is 11.1 Å². The standard InChI is InChI=1S/C15H13ClFNO2/c1-9(10-2-5-12(17)6-3-10)18-14-7-4-11(15(19)20)8-13(14)16/h2-9,18H,1H3,(H,19,20). The molecule has 0 aliphatic carbocycles. The van der Waals surface area contributed by atoms with Crippen LogP contribution in [0, 0.1) is 5.82 Å². The van der Waals surface area contributed by atoms with Gasteiger partial charge in [-0.1, -0.05) is 23.7 Å². The summed E-state index contributed by atoms with van der Waals surface area (Å²) in [6, 6.07) is 10.6. The van der Waals surface area contributed by atoms with Crippen LogP contribution in [0.15, 0.2) is 42.5 Å². The summed E-state index contributed by atoms with van der Waals surface area (Å²) >= 11 is 6.04. The van der Waals surface area contributed by atoms with Crippen molar-refractivity contribution in [2.75, 3.05) is 5.32 Å². The van der Waals surface area contributed by atoms with Crippen molar-refractivity contribution in [3.05, 3.63) is 64.4 Å². The molecule has 2 aromatic carbocycles. The third-order valence-corrected chi connectivity index (χ3v) is 3.27. The molecule has 0 aromatic heterocycles. The molecule has 0 spiro atoms. The molecule has 1 atom stereocenters. The summed E-state index contributed by atoms with van der Waals surface area (Å²) in [6.07, 6.45) is 0. The molecule has 2 N–H and O–H groups in total. The van der Waals surface area contributed by atoms with Crippen molar-refractivity contribution in [1.82, 2.24) is 0 Å². The minimum Gasteiger partial charge on any atom is -0.478 e. The van der Waals surface area contributed by atoms with E-state index in [4.69, 9.17) is 16.7 Å². The maximum Gasteiger partial charge on any atom is 0.335 e. The van der Waals surface area contributed by atoms with Gasteiger partial charge in [0.1, 0.15) is 5.82 Å². The van der Waals surface area contributed by atoms with E-state index < -0.39 is 5.97 Å². The summed E-state index contributed by atoms with van der Waals surface area (Å²) in [7, 11) is 0. The minimum atomic E-state index is -1.02. The summed E-state index contributed by atoms with van der Waals surface area (Å²) < 4.78 is 12.9. The van der Waals surface area contributed by atoms with E-state index in [1.165, 1.54) is 24.3 Å². The van der Waals surface area contributed by atoms with Crippen molar-refractivity contribution in [1.29, 1.82) is 0 Å². The van der Waals surface area contributed by atoms with Gasteiger partial charge in [0.25, 0.3) is 0 Å². The van der Waals surface area contributed by atoms with Crippen LogP contribution in [0.4, 0.5) is 10.1 Å². The predicted octanol–water partition coefficient (Wildman–Crippen LogP) is 4.35. The molecule has 0 aliphatic rings. The highest BCUT2D eigenvalue weighted by Crippen LogP contribution is 2.27. The fourth-order valence-electron chi connectivity index (χ4n) is 1.83. The smallest absolute Gasteiger partial charge is 0.335 e. The first kappa shape index (κ1) is 14.3. The molecule has 0 bridgehead atoms. The van der Waals surface area contributed by atoms with Crippen molar-refractivity contribution in [2.45, 2.75) is 13.0 Å². The molecule has 5 heteroatoms. The molecule has 0 amide bonds. The van der Waals surface area contributed by atoms with E-state index in [9.17, 15) is 9.18 Å². The zero-order valence-electron chi connectivity index (χ0n) is 10.7. The molecule has 0 fully saturated rings. The number of aromatic carboxylic acids is 1. The van der Waals surface area contributed by atoms with Gasteiger partial charge in [0.15, 0.2) is 0 Å². The highest BCUT2D eigenvalue weighted by Gasteiger charge is 2.10. The average molecular weight is 294 g/mol. The number of anilines is 1. The van der Waals surface area contributed by atoms with E-state index in [2.05, 4.69) is 5.32 Å². The van der Waals surface area contributed by atoms with Gasteiger partial charge in [0, 0.05) is 6.04 Å². The summed E-state index contributed by atoms with van der Waals surface area (Å²) in [5.41, 5.74) is 1.67. The van der Waals surface area contributed by atoms with Crippen LogP contribution in [0.3, 0.4) is 0 Å². The Hall–Kier alpha value is -2.07. The molecule has 2 rings (SSSR count). The first-order valence-electron chi connectivity index (χ1n) is 6.02. The first-order chi connectivity index (χ1) is 9.47. The molecule has 0 saturated heterocycles. The third-order valence-electron chi connectivity index (χ3n) is 2.96. The number of nitrogens with one attached hydrogen (secondary N) is 1. The Morgan fingerprint density at radius 1 is 1.25 bits per heavy atom. The first-order valence-corrected chi connectivity index (χ1v) is 6.40. The van der Waals surface area contributed by atoms with Crippen molar-refractivity contribution < 1.29 is 14.3 Å². The molecule has 2 aromatic rings. The Bertz CT molecular complexity index is 628. The fraction of sp³-hybridized carbons (Fsp3) is 0.133. The summed E-state index contributed by atoms with van der Waals surface area (Å²) in [6.45, 7) is 1.91. The van der Waals surface area contributed by atoms with Gasteiger partial charge in [0.2, 0.25) is 0 Å². The van der Waals surface area contributed by atoms with Crippen LogP contribution in [0.25, 0.3) is 0 Å². The minimum absolute atomic E-state index is 0.0798. The van der Waals surface area contributed by atoms with Crippen LogP contribution in [0.2, 0.25) is 5.02 Å². The highest BCUT2D eigenvalue weighted by molar-refractivity contribution is 6.33. The maximum atomic E-state index is 12.9. The Morgan fingerprint density at radius 2 is 1.90 bits per heavy atom. The van der Waals surface area contributed by atoms with Gasteiger partial charge >= 0.3 is 5.97 Å². The normalized spacial score (nSPS) is 11.9. The Kier molecular flexibility index (Phi) is 4.25. The molecular formula is C15H13ClFNO2. The number of benzene rings is 2. The van der Waals surface area contributed by atoms with Gasteiger partial charge in [-0.05, 0) is 42.8 Å². The lowest BCUT2D eigenvalue weighted by Crippen LogP contribution is -2.07. The third kappa shape index (κ3) is 3.27. The molecule has 0 aliphatic heterocycles. The van der Waals surface area contributed by atoms with E-state index in [-0.39, 0.29) is 17.4 Å².